The van der Waals surface area contributed by atoms with E-state index in [-0.39, 0.29) is 23.1 Å². The standard InChI is InChI=1S/C14H22N2O2/c1-9(10-6-5-7-11(17)8-10)16-13(18)12(15)14(2,3)4/h5-9,12,17H,15H2,1-4H3,(H,16,18)/t9?,12-/m1/s1. The summed E-state index contributed by atoms with van der Waals surface area (Å²) in [6.07, 6.45) is 0. The Morgan fingerprint density at radius 2 is 2.00 bits per heavy atom. The number of nitrogens with one attached hydrogen (secondary N) is 1. The maximum atomic E-state index is 12.0. The van der Waals surface area contributed by atoms with Crippen LogP contribution in [0.15, 0.2) is 24.3 Å². The molecule has 0 aliphatic rings. The molecule has 0 heterocycles. The van der Waals surface area contributed by atoms with Crippen LogP contribution in [0.25, 0.3) is 0 Å². The zero-order valence-corrected chi connectivity index (χ0v) is 11.4. The first-order valence-corrected chi connectivity index (χ1v) is 6.06. The van der Waals surface area contributed by atoms with Crippen LogP contribution in [0.3, 0.4) is 0 Å². The second-order valence-corrected chi connectivity index (χ2v) is 5.67. The van der Waals surface area contributed by atoms with Crippen LogP contribution in [0.2, 0.25) is 0 Å². The molecule has 0 saturated heterocycles. The molecule has 4 heteroatoms. The first-order valence-electron chi connectivity index (χ1n) is 6.06. The molecule has 1 aromatic carbocycles. The first kappa shape index (κ1) is 14.5. The molecule has 4 nitrogen and oxygen atoms in total. The van der Waals surface area contributed by atoms with Crippen LogP contribution in [0, 0.1) is 5.41 Å². The molecule has 0 fully saturated rings. The fourth-order valence-electron chi connectivity index (χ4n) is 1.57. The highest BCUT2D eigenvalue weighted by molar-refractivity contribution is 5.82. The van der Waals surface area contributed by atoms with E-state index < -0.39 is 6.04 Å². The minimum atomic E-state index is -0.558. The number of phenolic OH excluding ortho intramolecular Hbond substituents is 1. The smallest absolute Gasteiger partial charge is 0.237 e. The largest absolute Gasteiger partial charge is 0.508 e. The molecular formula is C14H22N2O2. The lowest BCUT2D eigenvalue weighted by Crippen LogP contribution is -2.49. The summed E-state index contributed by atoms with van der Waals surface area (Å²) in [5, 5.41) is 12.3. The van der Waals surface area contributed by atoms with Gasteiger partial charge in [-0.2, -0.15) is 0 Å². The van der Waals surface area contributed by atoms with Crippen molar-refractivity contribution in [3.63, 3.8) is 0 Å². The Labute approximate surface area is 108 Å². The number of carbonyl (C=O) groups is 1. The summed E-state index contributed by atoms with van der Waals surface area (Å²) in [5.74, 6) is 0.00654. The van der Waals surface area contributed by atoms with E-state index in [2.05, 4.69) is 5.32 Å². The van der Waals surface area contributed by atoms with Gasteiger partial charge in [0.1, 0.15) is 5.75 Å². The van der Waals surface area contributed by atoms with Gasteiger partial charge in [0.25, 0.3) is 0 Å². The summed E-state index contributed by atoms with van der Waals surface area (Å²) in [4.78, 5) is 12.0. The molecule has 0 radical (unpaired) electrons. The summed E-state index contributed by atoms with van der Waals surface area (Å²) in [6.45, 7) is 7.64. The number of aromatic hydroxyl groups is 1. The summed E-state index contributed by atoms with van der Waals surface area (Å²) in [5.41, 5.74) is 6.47. The molecular weight excluding hydrogens is 228 g/mol. The van der Waals surface area contributed by atoms with Crippen LogP contribution in [-0.4, -0.2) is 17.1 Å². The Hall–Kier alpha value is -1.55. The Bertz CT molecular complexity index is 424. The topological polar surface area (TPSA) is 75.4 Å². The number of hydrogen-bond donors (Lipinski definition) is 3. The lowest BCUT2D eigenvalue weighted by Gasteiger charge is -2.27. The van der Waals surface area contributed by atoms with Crippen LogP contribution < -0.4 is 11.1 Å². The zero-order chi connectivity index (χ0) is 13.9. The van der Waals surface area contributed by atoms with E-state index in [0.29, 0.717) is 0 Å². The van der Waals surface area contributed by atoms with E-state index in [1.165, 1.54) is 0 Å². The van der Waals surface area contributed by atoms with E-state index in [1.807, 2.05) is 33.8 Å². The fraction of sp³-hybridized carbons (Fsp3) is 0.500. The van der Waals surface area contributed by atoms with Gasteiger partial charge in [-0.05, 0) is 30.0 Å². The zero-order valence-electron chi connectivity index (χ0n) is 11.4. The van der Waals surface area contributed by atoms with Crippen LogP contribution >= 0.6 is 0 Å². The predicted octanol–water partition coefficient (Wildman–Crippen LogP) is 1.94. The molecule has 0 aromatic heterocycles. The number of amides is 1. The van der Waals surface area contributed by atoms with Gasteiger partial charge in [0.05, 0.1) is 12.1 Å². The Kier molecular flexibility index (Phi) is 4.35. The summed E-state index contributed by atoms with van der Waals surface area (Å²) >= 11 is 0. The average Bonchev–Trinajstić information content (AvgIpc) is 2.26. The number of carbonyl (C=O) groups excluding carboxylic acids is 1. The third-order valence-corrected chi connectivity index (χ3v) is 2.94. The van der Waals surface area contributed by atoms with Crippen molar-refractivity contribution in [1.82, 2.24) is 5.32 Å². The molecule has 1 aromatic rings. The van der Waals surface area contributed by atoms with Gasteiger partial charge in [-0.15, -0.1) is 0 Å². The third kappa shape index (κ3) is 3.74. The molecule has 0 aliphatic carbocycles. The summed E-state index contributed by atoms with van der Waals surface area (Å²) < 4.78 is 0. The number of benzene rings is 1. The molecule has 0 saturated carbocycles. The van der Waals surface area contributed by atoms with Gasteiger partial charge >= 0.3 is 0 Å². The number of phenols is 1. The van der Waals surface area contributed by atoms with E-state index in [0.717, 1.165) is 5.56 Å². The first-order chi connectivity index (χ1) is 8.21. The number of rotatable bonds is 3. The molecule has 0 bridgehead atoms. The second-order valence-electron chi connectivity index (χ2n) is 5.67. The van der Waals surface area contributed by atoms with Gasteiger partial charge in [-0.1, -0.05) is 32.9 Å². The Balaban J connectivity index is 2.71. The monoisotopic (exact) mass is 250 g/mol. The lowest BCUT2D eigenvalue weighted by atomic mass is 9.86. The summed E-state index contributed by atoms with van der Waals surface area (Å²) in [6, 6.07) is 6.09. The maximum Gasteiger partial charge on any atom is 0.237 e. The van der Waals surface area contributed by atoms with Crippen molar-refractivity contribution < 1.29 is 9.90 Å². The van der Waals surface area contributed by atoms with E-state index in [1.54, 1.807) is 18.2 Å². The quantitative estimate of drug-likeness (QED) is 0.767. The van der Waals surface area contributed by atoms with Gasteiger partial charge in [0, 0.05) is 0 Å². The normalized spacial score (nSPS) is 14.9. The highest BCUT2D eigenvalue weighted by atomic mass is 16.3. The van der Waals surface area contributed by atoms with Crippen molar-refractivity contribution in [2.45, 2.75) is 39.8 Å². The molecule has 18 heavy (non-hydrogen) atoms. The second kappa shape index (κ2) is 5.40. The third-order valence-electron chi connectivity index (χ3n) is 2.94. The number of hydrogen-bond acceptors (Lipinski definition) is 3. The van der Waals surface area contributed by atoms with Crippen molar-refractivity contribution in [3.8, 4) is 5.75 Å². The van der Waals surface area contributed by atoms with Gasteiger partial charge in [0.2, 0.25) is 5.91 Å². The molecule has 4 N–H and O–H groups in total. The maximum absolute atomic E-state index is 12.0. The van der Waals surface area contributed by atoms with Crippen molar-refractivity contribution in [3.05, 3.63) is 29.8 Å². The van der Waals surface area contributed by atoms with Gasteiger partial charge in [0.15, 0.2) is 0 Å². The minimum absolute atomic E-state index is 0.182. The molecule has 0 aliphatic heterocycles. The van der Waals surface area contributed by atoms with Crippen molar-refractivity contribution in [2.75, 3.05) is 0 Å². The molecule has 100 valence electrons. The fourth-order valence-corrected chi connectivity index (χ4v) is 1.57. The molecule has 2 atom stereocenters. The average molecular weight is 250 g/mol. The summed E-state index contributed by atoms with van der Waals surface area (Å²) in [7, 11) is 0. The van der Waals surface area contributed by atoms with Crippen molar-refractivity contribution in [2.24, 2.45) is 11.1 Å². The minimum Gasteiger partial charge on any atom is -0.508 e. The van der Waals surface area contributed by atoms with Crippen LogP contribution in [-0.2, 0) is 4.79 Å². The SMILES string of the molecule is CC(NC(=O)[C@@H](N)C(C)(C)C)c1cccc(O)c1. The molecule has 1 rings (SSSR count). The Morgan fingerprint density at radius 1 is 1.39 bits per heavy atom. The molecule has 0 spiro atoms. The van der Waals surface area contributed by atoms with E-state index in [4.69, 9.17) is 5.73 Å². The van der Waals surface area contributed by atoms with Gasteiger partial charge < -0.3 is 16.2 Å². The van der Waals surface area contributed by atoms with Crippen LogP contribution in [0.4, 0.5) is 0 Å². The lowest BCUT2D eigenvalue weighted by molar-refractivity contribution is -0.125. The predicted molar refractivity (Wildman–Crippen MR) is 72.1 cm³/mol. The van der Waals surface area contributed by atoms with Gasteiger partial charge in [-0.3, -0.25) is 4.79 Å². The molecule has 1 amide bonds. The van der Waals surface area contributed by atoms with Crippen molar-refractivity contribution >= 4 is 5.91 Å². The highest BCUT2D eigenvalue weighted by Gasteiger charge is 2.28. The van der Waals surface area contributed by atoms with E-state index >= 15 is 0 Å². The Morgan fingerprint density at radius 3 is 2.50 bits per heavy atom. The van der Waals surface area contributed by atoms with Crippen molar-refractivity contribution in [1.29, 1.82) is 0 Å². The van der Waals surface area contributed by atoms with Gasteiger partial charge in [-0.25, -0.2) is 0 Å². The molecule has 1 unspecified atom stereocenters. The van der Waals surface area contributed by atoms with E-state index in [9.17, 15) is 9.90 Å². The number of nitrogens with two attached hydrogens (primary N) is 1. The van der Waals surface area contributed by atoms with Crippen LogP contribution in [0.1, 0.15) is 39.3 Å². The van der Waals surface area contributed by atoms with Crippen LogP contribution in [0.5, 0.6) is 5.75 Å². The highest BCUT2D eigenvalue weighted by Crippen LogP contribution is 2.20.